The summed E-state index contributed by atoms with van der Waals surface area (Å²) in [5.41, 5.74) is -1.48. The number of hydrogen-bond acceptors (Lipinski definition) is 7. The van der Waals surface area contributed by atoms with Gasteiger partial charge in [-0.25, -0.2) is 4.90 Å². The number of rotatable bonds is 5. The van der Waals surface area contributed by atoms with Gasteiger partial charge in [-0.2, -0.15) is 0 Å². The average molecular weight is 424 g/mol. The topological polar surface area (TPSA) is 143 Å². The molecule has 0 radical (unpaired) electrons. The molecule has 1 aromatic carbocycles. The molecule has 2 amide bonds. The van der Waals surface area contributed by atoms with Crippen molar-refractivity contribution in [1.82, 2.24) is 10.3 Å². The van der Waals surface area contributed by atoms with Crippen molar-refractivity contribution in [2.75, 3.05) is 4.90 Å². The number of carbonyl (C=O) groups excluding carboxylic acids is 2. The zero-order chi connectivity index (χ0) is 22.5. The fraction of sp³-hybridized carbons (Fsp3) is 0.333. The van der Waals surface area contributed by atoms with E-state index in [0.717, 1.165) is 11.0 Å². The minimum atomic E-state index is -1.70. The summed E-state index contributed by atoms with van der Waals surface area (Å²) in [5, 5.41) is 24.4. The molecule has 10 nitrogen and oxygen atoms in total. The van der Waals surface area contributed by atoms with E-state index in [-0.39, 0.29) is 11.4 Å². The predicted octanol–water partition coefficient (Wildman–Crippen LogP) is 1.92. The molecular formula is C21H20N4O6. The summed E-state index contributed by atoms with van der Waals surface area (Å²) in [6, 6.07) is 9.47. The van der Waals surface area contributed by atoms with Crippen LogP contribution < -0.4 is 10.2 Å². The Morgan fingerprint density at radius 3 is 2.55 bits per heavy atom. The van der Waals surface area contributed by atoms with E-state index in [1.807, 2.05) is 0 Å². The number of aliphatic carboxylic acids is 1. The van der Waals surface area contributed by atoms with Crippen LogP contribution in [-0.2, 0) is 14.4 Å². The van der Waals surface area contributed by atoms with Crippen LogP contribution in [0.5, 0.6) is 0 Å². The van der Waals surface area contributed by atoms with Gasteiger partial charge < -0.3 is 5.11 Å². The summed E-state index contributed by atoms with van der Waals surface area (Å²) >= 11 is 0. The van der Waals surface area contributed by atoms with Crippen LogP contribution in [0, 0.1) is 27.9 Å². The number of hydrogen-bond donors (Lipinski definition) is 2. The SMILES string of the molecule is CC(C)C1(C(=O)O)NC(c2ccccn2)C2C(=O)N(c3cccc([N+](=O)[O-])c3)C(=O)C21. The van der Waals surface area contributed by atoms with E-state index < -0.39 is 52.0 Å². The number of anilines is 1. The van der Waals surface area contributed by atoms with E-state index in [2.05, 4.69) is 10.3 Å². The van der Waals surface area contributed by atoms with Gasteiger partial charge in [-0.15, -0.1) is 0 Å². The predicted molar refractivity (Wildman–Crippen MR) is 108 cm³/mol. The molecule has 2 N–H and O–H groups in total. The minimum Gasteiger partial charge on any atom is -0.480 e. The van der Waals surface area contributed by atoms with Gasteiger partial charge in [0, 0.05) is 18.3 Å². The smallest absolute Gasteiger partial charge is 0.325 e. The Kier molecular flexibility index (Phi) is 4.81. The van der Waals surface area contributed by atoms with Crippen molar-refractivity contribution < 1.29 is 24.4 Å². The number of pyridine rings is 1. The first-order valence-electron chi connectivity index (χ1n) is 9.74. The molecule has 10 heteroatoms. The van der Waals surface area contributed by atoms with Gasteiger partial charge in [0.1, 0.15) is 5.54 Å². The summed E-state index contributed by atoms with van der Waals surface area (Å²) < 4.78 is 0. The highest BCUT2D eigenvalue weighted by Gasteiger charge is 2.70. The molecule has 2 aromatic rings. The third-order valence-corrected chi connectivity index (χ3v) is 6.16. The lowest BCUT2D eigenvalue weighted by Gasteiger charge is -2.34. The van der Waals surface area contributed by atoms with Crippen LogP contribution in [0.3, 0.4) is 0 Å². The molecule has 31 heavy (non-hydrogen) atoms. The number of non-ortho nitro benzene ring substituents is 1. The molecule has 2 aliphatic heterocycles. The van der Waals surface area contributed by atoms with E-state index in [1.54, 1.807) is 32.0 Å². The first-order chi connectivity index (χ1) is 14.7. The molecule has 4 atom stereocenters. The number of benzene rings is 1. The maximum Gasteiger partial charge on any atom is 0.325 e. The van der Waals surface area contributed by atoms with Crippen LogP contribution in [0.15, 0.2) is 48.7 Å². The number of amides is 2. The van der Waals surface area contributed by atoms with Gasteiger partial charge >= 0.3 is 5.97 Å². The zero-order valence-corrected chi connectivity index (χ0v) is 16.8. The normalized spacial score (nSPS) is 27.6. The van der Waals surface area contributed by atoms with Gasteiger partial charge in [-0.1, -0.05) is 26.0 Å². The maximum absolute atomic E-state index is 13.5. The quantitative estimate of drug-likeness (QED) is 0.421. The lowest BCUT2D eigenvalue weighted by Crippen LogP contribution is -2.59. The van der Waals surface area contributed by atoms with Crippen molar-refractivity contribution in [3.8, 4) is 0 Å². The second-order valence-corrected chi connectivity index (χ2v) is 8.00. The molecule has 0 saturated carbocycles. The zero-order valence-electron chi connectivity index (χ0n) is 16.8. The van der Waals surface area contributed by atoms with Crippen LogP contribution in [0.25, 0.3) is 0 Å². The molecule has 0 spiro atoms. The van der Waals surface area contributed by atoms with E-state index in [0.29, 0.717) is 5.69 Å². The number of nitro benzene ring substituents is 1. The molecule has 0 bridgehead atoms. The number of aromatic nitrogens is 1. The highest BCUT2D eigenvalue weighted by molar-refractivity contribution is 6.24. The van der Waals surface area contributed by atoms with Gasteiger partial charge in [-0.3, -0.25) is 34.8 Å². The first kappa shape index (κ1) is 20.6. The lowest BCUT2D eigenvalue weighted by atomic mass is 9.73. The summed E-state index contributed by atoms with van der Waals surface area (Å²) in [6.07, 6.45) is 1.53. The van der Waals surface area contributed by atoms with Crippen LogP contribution in [0.1, 0.15) is 25.6 Å². The van der Waals surface area contributed by atoms with Gasteiger partial charge in [-0.05, 0) is 24.1 Å². The third-order valence-electron chi connectivity index (χ3n) is 6.16. The number of nitrogens with zero attached hydrogens (tertiary/aromatic N) is 3. The number of nitrogens with one attached hydrogen (secondary N) is 1. The molecular weight excluding hydrogens is 404 g/mol. The Morgan fingerprint density at radius 2 is 1.97 bits per heavy atom. The molecule has 2 saturated heterocycles. The summed E-state index contributed by atoms with van der Waals surface area (Å²) in [6.45, 7) is 3.35. The van der Waals surface area contributed by atoms with Crippen molar-refractivity contribution in [3.63, 3.8) is 0 Å². The summed E-state index contributed by atoms with van der Waals surface area (Å²) in [5.74, 6) is -5.28. The van der Waals surface area contributed by atoms with Crippen LogP contribution in [-0.4, -0.2) is 38.3 Å². The molecule has 1 aromatic heterocycles. The van der Waals surface area contributed by atoms with Crippen molar-refractivity contribution in [2.45, 2.75) is 25.4 Å². The average Bonchev–Trinajstić information content (AvgIpc) is 3.24. The fourth-order valence-corrected chi connectivity index (χ4v) is 4.73. The van der Waals surface area contributed by atoms with Crippen molar-refractivity contribution >= 4 is 29.2 Å². The van der Waals surface area contributed by atoms with Gasteiger partial charge in [0.2, 0.25) is 11.8 Å². The number of carboxylic acids is 1. The molecule has 2 aliphatic rings. The monoisotopic (exact) mass is 424 g/mol. The fourth-order valence-electron chi connectivity index (χ4n) is 4.73. The Bertz CT molecular complexity index is 1090. The second kappa shape index (κ2) is 7.24. The van der Waals surface area contributed by atoms with E-state index in [9.17, 15) is 29.6 Å². The van der Waals surface area contributed by atoms with E-state index >= 15 is 0 Å². The van der Waals surface area contributed by atoms with Gasteiger partial charge in [0.25, 0.3) is 5.69 Å². The van der Waals surface area contributed by atoms with E-state index in [4.69, 9.17) is 0 Å². The standard InChI is InChI=1S/C21H20N4O6/c1-11(2)21(20(28)29)16-15(17(23-21)14-8-3-4-9-22-14)18(26)24(19(16)27)12-6-5-7-13(10-12)25(30)31/h3-11,15-17,23H,1-2H3,(H,28,29). The molecule has 160 valence electrons. The largest absolute Gasteiger partial charge is 0.480 e. The van der Waals surface area contributed by atoms with Crippen molar-refractivity contribution in [3.05, 3.63) is 64.5 Å². The Morgan fingerprint density at radius 1 is 1.23 bits per heavy atom. The Hall–Kier alpha value is -3.66. The molecule has 4 rings (SSSR count). The van der Waals surface area contributed by atoms with Gasteiger partial charge in [0.05, 0.1) is 34.2 Å². The minimum absolute atomic E-state index is 0.0430. The highest BCUT2D eigenvalue weighted by atomic mass is 16.6. The Balaban J connectivity index is 1.87. The first-order valence-corrected chi connectivity index (χ1v) is 9.74. The Labute approximate surface area is 177 Å². The van der Waals surface area contributed by atoms with Crippen molar-refractivity contribution in [1.29, 1.82) is 0 Å². The number of imide groups is 1. The number of fused-ring (bicyclic) bond motifs is 1. The van der Waals surface area contributed by atoms with Crippen LogP contribution in [0.4, 0.5) is 11.4 Å². The number of nitro groups is 1. The van der Waals surface area contributed by atoms with Gasteiger partial charge in [0.15, 0.2) is 0 Å². The lowest BCUT2D eigenvalue weighted by molar-refractivity contribution is -0.384. The molecule has 2 fully saturated rings. The molecule has 0 aliphatic carbocycles. The second-order valence-electron chi connectivity index (χ2n) is 8.00. The third kappa shape index (κ3) is 2.90. The number of carboxylic acid groups (broad SMARTS) is 1. The van der Waals surface area contributed by atoms with Crippen LogP contribution >= 0.6 is 0 Å². The molecule has 4 unspecified atom stereocenters. The highest BCUT2D eigenvalue weighted by Crippen LogP contribution is 2.52. The summed E-state index contributed by atoms with van der Waals surface area (Å²) in [7, 11) is 0. The molecule has 3 heterocycles. The van der Waals surface area contributed by atoms with Crippen LogP contribution in [0.2, 0.25) is 0 Å². The maximum atomic E-state index is 13.5. The van der Waals surface area contributed by atoms with Crippen molar-refractivity contribution in [2.24, 2.45) is 17.8 Å². The summed E-state index contributed by atoms with van der Waals surface area (Å²) in [4.78, 5) is 55.1. The number of carbonyl (C=O) groups is 3. The van der Waals surface area contributed by atoms with E-state index in [1.165, 1.54) is 24.4 Å².